The van der Waals surface area contributed by atoms with Gasteiger partial charge in [-0.1, -0.05) is 0 Å². The minimum absolute atomic E-state index is 0.0477. The Hall–Kier alpha value is -1.01. The van der Waals surface area contributed by atoms with Gasteiger partial charge >= 0.3 is 0 Å². The Kier molecular flexibility index (Phi) is 2.94. The minimum Gasteiger partial charge on any atom is -0.370 e. The van der Waals surface area contributed by atoms with E-state index in [0.29, 0.717) is 26.1 Å². The monoisotopic (exact) mass is 153 g/mol. The smallest absolute Gasteiger partial charge is 0.248 e. The van der Waals surface area contributed by atoms with Gasteiger partial charge in [0, 0.05) is 19.5 Å². The number of terminal acetylenes is 1. The number of amides is 1. The van der Waals surface area contributed by atoms with E-state index < -0.39 is 0 Å². The van der Waals surface area contributed by atoms with Gasteiger partial charge in [0.15, 0.2) is 0 Å². The number of carbonyl (C=O) groups excluding carboxylic acids is 1. The maximum absolute atomic E-state index is 11.0. The molecule has 0 radical (unpaired) electrons. The topological polar surface area (TPSA) is 29.5 Å². The molecule has 1 aliphatic rings. The molecule has 3 nitrogen and oxygen atoms in total. The third-order valence-electron chi connectivity index (χ3n) is 1.61. The van der Waals surface area contributed by atoms with Crippen LogP contribution >= 0.6 is 0 Å². The second-order valence-corrected chi connectivity index (χ2v) is 2.39. The zero-order valence-electron chi connectivity index (χ0n) is 6.38. The summed E-state index contributed by atoms with van der Waals surface area (Å²) in [5, 5.41) is 0. The van der Waals surface area contributed by atoms with Crippen LogP contribution in [0.4, 0.5) is 0 Å². The first kappa shape index (κ1) is 8.09. The van der Waals surface area contributed by atoms with Crippen molar-refractivity contribution in [3.05, 3.63) is 0 Å². The van der Waals surface area contributed by atoms with Crippen LogP contribution in [-0.2, 0) is 9.53 Å². The second kappa shape index (κ2) is 3.99. The van der Waals surface area contributed by atoms with Gasteiger partial charge in [-0.25, -0.2) is 0 Å². The number of nitrogens with zero attached hydrogens (tertiary/aromatic N) is 1. The maximum Gasteiger partial charge on any atom is 0.248 e. The lowest BCUT2D eigenvalue weighted by Crippen LogP contribution is -2.41. The van der Waals surface area contributed by atoms with Crippen molar-refractivity contribution in [3.63, 3.8) is 0 Å². The lowest BCUT2D eigenvalue weighted by atomic mass is 10.3. The summed E-state index contributed by atoms with van der Waals surface area (Å²) in [7, 11) is 0. The summed E-state index contributed by atoms with van der Waals surface area (Å²) in [6, 6.07) is 0. The molecule has 60 valence electrons. The molecule has 1 aliphatic heterocycles. The summed E-state index contributed by atoms with van der Waals surface area (Å²) >= 11 is 0. The van der Waals surface area contributed by atoms with E-state index >= 15 is 0 Å². The van der Waals surface area contributed by atoms with E-state index in [1.54, 1.807) is 4.90 Å². The Bertz CT molecular complexity index is 183. The first-order valence-corrected chi connectivity index (χ1v) is 3.63. The Morgan fingerprint density at radius 1 is 1.73 bits per heavy atom. The Morgan fingerprint density at radius 3 is 3.18 bits per heavy atom. The molecule has 1 amide bonds. The first-order valence-electron chi connectivity index (χ1n) is 3.63. The molecule has 3 heteroatoms. The summed E-state index contributed by atoms with van der Waals surface area (Å²) < 4.78 is 4.95. The van der Waals surface area contributed by atoms with Crippen LogP contribution < -0.4 is 0 Å². The molecular formula is C8H11NO2. The van der Waals surface area contributed by atoms with Crippen molar-refractivity contribution in [1.82, 2.24) is 4.90 Å². The largest absolute Gasteiger partial charge is 0.370 e. The second-order valence-electron chi connectivity index (χ2n) is 2.39. The molecule has 1 rings (SSSR count). The molecule has 0 unspecified atom stereocenters. The molecule has 0 bridgehead atoms. The molecule has 0 aromatic rings. The van der Waals surface area contributed by atoms with Gasteiger partial charge in [0.1, 0.15) is 6.61 Å². The van der Waals surface area contributed by atoms with Crippen LogP contribution in [0.3, 0.4) is 0 Å². The summed E-state index contributed by atoms with van der Waals surface area (Å²) in [5.41, 5.74) is 0. The SMILES string of the molecule is C#CCCN1CCOCC1=O. The van der Waals surface area contributed by atoms with Crippen molar-refractivity contribution >= 4 is 5.91 Å². The number of hydrogen-bond acceptors (Lipinski definition) is 2. The van der Waals surface area contributed by atoms with Crippen molar-refractivity contribution < 1.29 is 9.53 Å². The van der Waals surface area contributed by atoms with E-state index in [9.17, 15) is 4.79 Å². The predicted molar refractivity (Wildman–Crippen MR) is 40.8 cm³/mol. The molecule has 0 atom stereocenters. The minimum atomic E-state index is 0.0477. The molecule has 0 aromatic carbocycles. The molecule has 1 saturated heterocycles. The number of ether oxygens (including phenoxy) is 1. The Morgan fingerprint density at radius 2 is 2.55 bits per heavy atom. The van der Waals surface area contributed by atoms with Crippen LogP contribution in [-0.4, -0.2) is 37.1 Å². The van der Waals surface area contributed by atoms with Crippen LogP contribution in [0.2, 0.25) is 0 Å². The predicted octanol–water partition coefficient (Wildman–Crippen LogP) is -0.131. The zero-order valence-corrected chi connectivity index (χ0v) is 6.38. The number of morpholine rings is 1. The third-order valence-corrected chi connectivity index (χ3v) is 1.61. The van der Waals surface area contributed by atoms with Gasteiger partial charge in [-0.2, -0.15) is 0 Å². The van der Waals surface area contributed by atoms with Gasteiger partial charge in [0.2, 0.25) is 5.91 Å². The van der Waals surface area contributed by atoms with Gasteiger partial charge in [-0.15, -0.1) is 12.3 Å². The average Bonchev–Trinajstić information content (AvgIpc) is 2.03. The van der Waals surface area contributed by atoms with Crippen LogP contribution in [0.25, 0.3) is 0 Å². The van der Waals surface area contributed by atoms with E-state index in [1.807, 2.05) is 0 Å². The highest BCUT2D eigenvalue weighted by atomic mass is 16.5. The summed E-state index contributed by atoms with van der Waals surface area (Å²) in [5.74, 6) is 2.55. The van der Waals surface area contributed by atoms with Crippen LogP contribution in [0.15, 0.2) is 0 Å². The first-order chi connectivity index (χ1) is 5.34. The molecule has 0 saturated carbocycles. The molecule has 0 aromatic heterocycles. The van der Waals surface area contributed by atoms with Crippen molar-refractivity contribution in [1.29, 1.82) is 0 Å². The molecule has 0 aliphatic carbocycles. The molecule has 11 heavy (non-hydrogen) atoms. The standard InChI is InChI=1S/C8H11NO2/c1-2-3-4-9-5-6-11-7-8(9)10/h1H,3-7H2. The highest BCUT2D eigenvalue weighted by Crippen LogP contribution is 1.98. The highest BCUT2D eigenvalue weighted by Gasteiger charge is 2.16. The van der Waals surface area contributed by atoms with E-state index in [2.05, 4.69) is 5.92 Å². The van der Waals surface area contributed by atoms with Crippen molar-refractivity contribution in [3.8, 4) is 12.3 Å². The quantitative estimate of drug-likeness (QED) is 0.517. The lowest BCUT2D eigenvalue weighted by molar-refractivity contribution is -0.142. The molecule has 0 N–H and O–H groups in total. The van der Waals surface area contributed by atoms with Crippen LogP contribution in [0.1, 0.15) is 6.42 Å². The maximum atomic E-state index is 11.0. The number of rotatable bonds is 2. The van der Waals surface area contributed by atoms with Crippen molar-refractivity contribution in [2.75, 3.05) is 26.3 Å². The molecular weight excluding hydrogens is 142 g/mol. The fourth-order valence-electron chi connectivity index (χ4n) is 0.986. The summed E-state index contributed by atoms with van der Waals surface area (Å²) in [6.45, 7) is 2.19. The number of hydrogen-bond donors (Lipinski definition) is 0. The van der Waals surface area contributed by atoms with Crippen molar-refractivity contribution in [2.24, 2.45) is 0 Å². The molecule has 1 heterocycles. The number of carbonyl (C=O) groups is 1. The third kappa shape index (κ3) is 2.24. The van der Waals surface area contributed by atoms with Crippen LogP contribution in [0, 0.1) is 12.3 Å². The van der Waals surface area contributed by atoms with Gasteiger partial charge in [0.05, 0.1) is 6.61 Å². The summed E-state index contributed by atoms with van der Waals surface area (Å²) in [6.07, 6.45) is 5.70. The van der Waals surface area contributed by atoms with Crippen molar-refractivity contribution in [2.45, 2.75) is 6.42 Å². The fraction of sp³-hybridized carbons (Fsp3) is 0.625. The fourth-order valence-corrected chi connectivity index (χ4v) is 0.986. The highest BCUT2D eigenvalue weighted by molar-refractivity contribution is 5.77. The van der Waals surface area contributed by atoms with Gasteiger partial charge < -0.3 is 9.64 Å². The van der Waals surface area contributed by atoms with E-state index in [4.69, 9.17) is 11.2 Å². The van der Waals surface area contributed by atoms with Crippen LogP contribution in [0.5, 0.6) is 0 Å². The van der Waals surface area contributed by atoms with Gasteiger partial charge in [-0.3, -0.25) is 4.79 Å². The van der Waals surface area contributed by atoms with E-state index in [0.717, 1.165) is 0 Å². The molecule has 0 spiro atoms. The lowest BCUT2D eigenvalue weighted by Gasteiger charge is -2.25. The molecule has 1 fully saturated rings. The normalized spacial score (nSPS) is 18.1. The van der Waals surface area contributed by atoms with Gasteiger partial charge in [-0.05, 0) is 0 Å². The summed E-state index contributed by atoms with van der Waals surface area (Å²) in [4.78, 5) is 12.8. The van der Waals surface area contributed by atoms with E-state index in [1.165, 1.54) is 0 Å². The Labute approximate surface area is 66.3 Å². The Balaban J connectivity index is 2.31. The average molecular weight is 153 g/mol. The van der Waals surface area contributed by atoms with Gasteiger partial charge in [0.25, 0.3) is 0 Å². The van der Waals surface area contributed by atoms with E-state index in [-0.39, 0.29) is 12.5 Å². The zero-order chi connectivity index (χ0) is 8.10.